The number of aryl methyl sites for hydroxylation is 1. The number of benzene rings is 1. The summed E-state index contributed by atoms with van der Waals surface area (Å²) in [5.74, 6) is -1.19. The lowest BCUT2D eigenvalue weighted by atomic mass is 10.2. The van der Waals surface area contributed by atoms with Crippen molar-refractivity contribution >= 4 is 52.5 Å². The van der Waals surface area contributed by atoms with Crippen LogP contribution < -0.4 is 11.1 Å². The molecule has 5 nitrogen and oxygen atoms in total. The Kier molecular flexibility index (Phi) is 6.61. The van der Waals surface area contributed by atoms with E-state index in [1.165, 1.54) is 0 Å². The van der Waals surface area contributed by atoms with Crippen molar-refractivity contribution in [1.29, 1.82) is 0 Å². The minimum absolute atomic E-state index is 0.0710. The molecule has 0 unspecified atom stereocenters. The maximum absolute atomic E-state index is 11.7. The van der Waals surface area contributed by atoms with Crippen LogP contribution in [-0.2, 0) is 9.59 Å². The number of carbonyl (C=O) groups is 2. The molecule has 0 fully saturated rings. The third kappa shape index (κ3) is 4.86. The lowest BCUT2D eigenvalue weighted by Gasteiger charge is -2.11. The minimum Gasteiger partial charge on any atom is -0.480 e. The van der Waals surface area contributed by atoms with Crippen molar-refractivity contribution in [2.75, 3.05) is 16.8 Å². The first-order valence-corrected chi connectivity index (χ1v) is 7.54. The molecule has 0 aliphatic rings. The molecule has 0 aliphatic heterocycles. The molecule has 1 atom stereocenters. The highest BCUT2D eigenvalue weighted by Crippen LogP contribution is 2.32. The topological polar surface area (TPSA) is 92.4 Å². The molecule has 0 radical (unpaired) electrons. The molecule has 0 spiro atoms. The van der Waals surface area contributed by atoms with E-state index in [0.29, 0.717) is 15.7 Å². The zero-order chi connectivity index (χ0) is 15.3. The van der Waals surface area contributed by atoms with Crippen LogP contribution in [0.1, 0.15) is 5.56 Å². The molecule has 1 amide bonds. The van der Waals surface area contributed by atoms with Crippen molar-refractivity contribution in [1.82, 2.24) is 0 Å². The Morgan fingerprint density at radius 3 is 2.70 bits per heavy atom. The molecule has 8 heteroatoms. The normalized spacial score (nSPS) is 12.0. The number of carbonyl (C=O) groups excluding carboxylic acids is 1. The SMILES string of the molecule is Cc1ccc(Cl)c(NC(=O)CSC[C@H](N)C(=O)O)c1Cl. The molecule has 0 aromatic heterocycles. The van der Waals surface area contributed by atoms with Crippen LogP contribution in [0.25, 0.3) is 0 Å². The minimum atomic E-state index is -1.09. The number of nitrogens with one attached hydrogen (secondary N) is 1. The van der Waals surface area contributed by atoms with E-state index in [1.807, 2.05) is 0 Å². The van der Waals surface area contributed by atoms with E-state index >= 15 is 0 Å². The Bertz CT molecular complexity index is 526. The summed E-state index contributed by atoms with van der Waals surface area (Å²) >= 11 is 13.2. The molecular formula is C12H14Cl2N2O3S. The van der Waals surface area contributed by atoms with Crippen molar-refractivity contribution in [3.05, 3.63) is 27.7 Å². The van der Waals surface area contributed by atoms with Crippen molar-refractivity contribution in [3.63, 3.8) is 0 Å². The molecule has 1 aromatic carbocycles. The van der Waals surface area contributed by atoms with Gasteiger partial charge >= 0.3 is 5.97 Å². The average Bonchev–Trinajstić information content (AvgIpc) is 2.39. The van der Waals surface area contributed by atoms with Gasteiger partial charge in [0.2, 0.25) is 5.91 Å². The quantitative estimate of drug-likeness (QED) is 0.741. The van der Waals surface area contributed by atoms with Gasteiger partial charge in [-0.3, -0.25) is 9.59 Å². The number of anilines is 1. The van der Waals surface area contributed by atoms with E-state index in [9.17, 15) is 9.59 Å². The Labute approximate surface area is 130 Å². The van der Waals surface area contributed by atoms with Gasteiger partial charge in [-0.05, 0) is 18.6 Å². The summed E-state index contributed by atoms with van der Waals surface area (Å²) in [4.78, 5) is 22.3. The number of aliphatic carboxylic acids is 1. The second-order valence-corrected chi connectivity index (χ2v) is 5.88. The molecule has 1 rings (SSSR count). The summed E-state index contributed by atoms with van der Waals surface area (Å²) in [7, 11) is 0. The van der Waals surface area contributed by atoms with Crippen LogP contribution in [0.15, 0.2) is 12.1 Å². The fourth-order valence-electron chi connectivity index (χ4n) is 1.30. The molecule has 0 aliphatic carbocycles. The molecule has 0 bridgehead atoms. The molecule has 0 heterocycles. The van der Waals surface area contributed by atoms with Crippen molar-refractivity contribution in [2.45, 2.75) is 13.0 Å². The maximum Gasteiger partial charge on any atom is 0.321 e. The average molecular weight is 337 g/mol. The third-order valence-electron chi connectivity index (χ3n) is 2.40. The highest BCUT2D eigenvalue weighted by Gasteiger charge is 2.14. The van der Waals surface area contributed by atoms with Gasteiger partial charge in [0.05, 0.1) is 21.5 Å². The first-order chi connectivity index (χ1) is 9.32. The molecule has 0 saturated heterocycles. The first-order valence-electron chi connectivity index (χ1n) is 5.63. The van der Waals surface area contributed by atoms with Crippen LogP contribution in [0, 0.1) is 6.92 Å². The van der Waals surface area contributed by atoms with E-state index in [-0.39, 0.29) is 17.4 Å². The van der Waals surface area contributed by atoms with Crippen LogP contribution in [0.2, 0.25) is 10.0 Å². The summed E-state index contributed by atoms with van der Waals surface area (Å²) in [5, 5.41) is 12.0. The van der Waals surface area contributed by atoms with E-state index in [2.05, 4.69) is 5.32 Å². The molecule has 110 valence electrons. The summed E-state index contributed by atoms with van der Waals surface area (Å²) in [6, 6.07) is 2.41. The predicted octanol–water partition coefficient (Wildman–Crippen LogP) is 2.39. The van der Waals surface area contributed by atoms with Gasteiger partial charge in [-0.2, -0.15) is 0 Å². The van der Waals surface area contributed by atoms with Crippen LogP contribution in [0.5, 0.6) is 0 Å². The largest absolute Gasteiger partial charge is 0.480 e. The summed E-state index contributed by atoms with van der Waals surface area (Å²) < 4.78 is 0. The van der Waals surface area contributed by atoms with Gasteiger partial charge in [0.1, 0.15) is 6.04 Å². The number of amides is 1. The van der Waals surface area contributed by atoms with Crippen LogP contribution in [0.3, 0.4) is 0 Å². The Balaban J connectivity index is 2.55. The van der Waals surface area contributed by atoms with Gasteiger partial charge in [-0.15, -0.1) is 11.8 Å². The van der Waals surface area contributed by atoms with Crippen LogP contribution >= 0.6 is 35.0 Å². The van der Waals surface area contributed by atoms with Crippen molar-refractivity contribution < 1.29 is 14.7 Å². The van der Waals surface area contributed by atoms with Gasteiger partial charge in [0.25, 0.3) is 0 Å². The van der Waals surface area contributed by atoms with Crippen molar-refractivity contribution in [3.8, 4) is 0 Å². The zero-order valence-electron chi connectivity index (χ0n) is 10.7. The number of rotatable bonds is 6. The van der Waals surface area contributed by atoms with E-state index in [0.717, 1.165) is 17.3 Å². The third-order valence-corrected chi connectivity index (χ3v) is 4.26. The van der Waals surface area contributed by atoms with Gasteiger partial charge in [0, 0.05) is 5.75 Å². The molecule has 20 heavy (non-hydrogen) atoms. The molecule has 1 aromatic rings. The summed E-state index contributed by atoms with van der Waals surface area (Å²) in [5.41, 5.74) is 6.49. The van der Waals surface area contributed by atoms with Crippen LogP contribution in [0.4, 0.5) is 5.69 Å². The second kappa shape index (κ2) is 7.73. The number of carboxylic acids is 1. The molecular weight excluding hydrogens is 323 g/mol. The Morgan fingerprint density at radius 1 is 1.45 bits per heavy atom. The smallest absolute Gasteiger partial charge is 0.321 e. The van der Waals surface area contributed by atoms with Gasteiger partial charge in [-0.25, -0.2) is 0 Å². The number of nitrogens with two attached hydrogens (primary N) is 1. The zero-order valence-corrected chi connectivity index (χ0v) is 13.0. The number of carboxylic acid groups (broad SMARTS) is 1. The summed E-state index contributed by atoms with van der Waals surface area (Å²) in [6.45, 7) is 1.80. The van der Waals surface area contributed by atoms with Gasteiger partial charge in [-0.1, -0.05) is 29.3 Å². The predicted molar refractivity (Wildman–Crippen MR) is 82.8 cm³/mol. The van der Waals surface area contributed by atoms with E-state index in [1.54, 1.807) is 19.1 Å². The highest BCUT2D eigenvalue weighted by molar-refractivity contribution is 8.00. The Morgan fingerprint density at radius 2 is 2.10 bits per heavy atom. The highest BCUT2D eigenvalue weighted by atomic mass is 35.5. The molecule has 0 saturated carbocycles. The number of halogens is 2. The first kappa shape index (κ1) is 17.1. The fourth-order valence-corrected chi connectivity index (χ4v) is 2.53. The van der Waals surface area contributed by atoms with Crippen LogP contribution in [-0.4, -0.2) is 34.5 Å². The van der Waals surface area contributed by atoms with Crippen molar-refractivity contribution in [2.24, 2.45) is 5.73 Å². The Hall–Kier alpha value is -0.950. The number of thioether (sulfide) groups is 1. The van der Waals surface area contributed by atoms with E-state index in [4.69, 9.17) is 34.0 Å². The lowest BCUT2D eigenvalue weighted by molar-refractivity contribution is -0.137. The maximum atomic E-state index is 11.7. The number of hydrogen-bond donors (Lipinski definition) is 3. The fraction of sp³-hybridized carbons (Fsp3) is 0.333. The number of hydrogen-bond acceptors (Lipinski definition) is 4. The summed E-state index contributed by atoms with van der Waals surface area (Å²) in [6.07, 6.45) is 0. The monoisotopic (exact) mass is 336 g/mol. The van der Waals surface area contributed by atoms with Gasteiger partial charge < -0.3 is 16.2 Å². The lowest BCUT2D eigenvalue weighted by Crippen LogP contribution is -2.33. The van der Waals surface area contributed by atoms with E-state index < -0.39 is 12.0 Å². The van der Waals surface area contributed by atoms with Gasteiger partial charge in [0.15, 0.2) is 0 Å². The second-order valence-electron chi connectivity index (χ2n) is 4.06. The molecule has 4 N–H and O–H groups in total. The standard InChI is InChI=1S/C12H14Cl2N2O3S/c1-6-2-3-7(13)11(10(6)14)16-9(17)5-20-4-8(15)12(18)19/h2-3,8H,4-5,15H2,1H3,(H,16,17)(H,18,19)/t8-/m0/s1.